The Morgan fingerprint density at radius 3 is 2.75 bits per heavy atom. The second kappa shape index (κ2) is 5.19. The monoisotopic (exact) mass is 285 g/mol. The molecule has 2 aromatic heterocycles. The topological polar surface area (TPSA) is 58.0 Å². The van der Waals surface area contributed by atoms with Gasteiger partial charge in [-0.2, -0.15) is 0 Å². The lowest BCUT2D eigenvalue weighted by molar-refractivity contribution is 0.224. The molecule has 0 bridgehead atoms. The number of benzene rings is 1. The largest absolute Gasteiger partial charge is 0.394 e. The molecule has 0 aliphatic heterocycles. The van der Waals surface area contributed by atoms with Gasteiger partial charge in [-0.25, -0.2) is 9.97 Å². The van der Waals surface area contributed by atoms with Crippen LogP contribution in [0.4, 0.5) is 5.82 Å². The third kappa shape index (κ3) is 2.26. The fourth-order valence-electron chi connectivity index (χ4n) is 2.16. The lowest BCUT2D eigenvalue weighted by atomic mass is 9.93. The molecule has 0 spiro atoms. The van der Waals surface area contributed by atoms with Crippen LogP contribution >= 0.6 is 11.3 Å². The number of aliphatic hydroxyl groups excluding tert-OH is 1. The minimum atomic E-state index is -0.579. The number of fused-ring (bicyclic) bond motifs is 1. The lowest BCUT2D eigenvalue weighted by Gasteiger charge is -2.30. The normalized spacial score (nSPS) is 14.1. The SMILES string of the molecule is CC(CO)(Nc1ncnc2sccc12)c1ccccc1. The van der Waals surface area contributed by atoms with Gasteiger partial charge in [0, 0.05) is 0 Å². The highest BCUT2D eigenvalue weighted by molar-refractivity contribution is 7.16. The van der Waals surface area contributed by atoms with Crippen LogP contribution in [0.3, 0.4) is 0 Å². The van der Waals surface area contributed by atoms with E-state index in [-0.39, 0.29) is 6.61 Å². The summed E-state index contributed by atoms with van der Waals surface area (Å²) in [5.41, 5.74) is 0.439. The summed E-state index contributed by atoms with van der Waals surface area (Å²) < 4.78 is 0. The first-order valence-electron chi connectivity index (χ1n) is 6.36. The maximum Gasteiger partial charge on any atom is 0.138 e. The average molecular weight is 285 g/mol. The summed E-state index contributed by atoms with van der Waals surface area (Å²) in [6.45, 7) is 1.94. The molecule has 0 aliphatic carbocycles. The first-order valence-corrected chi connectivity index (χ1v) is 7.24. The summed E-state index contributed by atoms with van der Waals surface area (Å²) in [5.74, 6) is 0.747. The molecule has 0 saturated heterocycles. The van der Waals surface area contributed by atoms with Crippen LogP contribution in [-0.2, 0) is 5.54 Å². The van der Waals surface area contributed by atoms with Crippen molar-refractivity contribution in [3.05, 3.63) is 53.7 Å². The van der Waals surface area contributed by atoms with Crippen LogP contribution in [0.1, 0.15) is 12.5 Å². The summed E-state index contributed by atoms with van der Waals surface area (Å²) in [6.07, 6.45) is 1.55. The molecule has 3 rings (SSSR count). The second-order valence-corrected chi connectivity index (χ2v) is 5.74. The molecular weight excluding hydrogens is 270 g/mol. The summed E-state index contributed by atoms with van der Waals surface area (Å²) in [5, 5.41) is 16.1. The molecular formula is C15H15N3OS. The standard InChI is InChI=1S/C15H15N3OS/c1-15(9-19,11-5-3-2-4-6-11)18-13-12-7-8-20-14(12)17-10-16-13/h2-8,10,19H,9H2,1H3,(H,16,17,18). The van der Waals surface area contributed by atoms with Crippen molar-refractivity contribution in [2.24, 2.45) is 0 Å². The van der Waals surface area contributed by atoms with Crippen molar-refractivity contribution in [3.8, 4) is 0 Å². The number of nitrogens with one attached hydrogen (secondary N) is 1. The molecule has 0 radical (unpaired) electrons. The molecule has 1 aromatic carbocycles. The van der Waals surface area contributed by atoms with Crippen LogP contribution in [0.5, 0.6) is 0 Å². The maximum absolute atomic E-state index is 9.82. The molecule has 2 N–H and O–H groups in total. The van der Waals surface area contributed by atoms with E-state index in [9.17, 15) is 5.11 Å². The molecule has 0 fully saturated rings. The van der Waals surface area contributed by atoms with Crippen molar-refractivity contribution in [1.29, 1.82) is 0 Å². The smallest absolute Gasteiger partial charge is 0.138 e. The summed E-state index contributed by atoms with van der Waals surface area (Å²) in [7, 11) is 0. The van der Waals surface area contributed by atoms with Crippen LogP contribution in [0.15, 0.2) is 48.1 Å². The van der Waals surface area contributed by atoms with Gasteiger partial charge in [0.1, 0.15) is 17.0 Å². The van der Waals surface area contributed by atoms with Gasteiger partial charge in [-0.3, -0.25) is 0 Å². The third-order valence-electron chi connectivity index (χ3n) is 3.38. The number of thiophene rings is 1. The van der Waals surface area contributed by atoms with E-state index < -0.39 is 5.54 Å². The van der Waals surface area contributed by atoms with Crippen LogP contribution in [0, 0.1) is 0 Å². The van der Waals surface area contributed by atoms with Crippen molar-refractivity contribution < 1.29 is 5.11 Å². The predicted octanol–water partition coefficient (Wildman–Crippen LogP) is 3.01. The van der Waals surface area contributed by atoms with E-state index in [1.807, 2.05) is 48.7 Å². The maximum atomic E-state index is 9.82. The molecule has 5 heteroatoms. The van der Waals surface area contributed by atoms with Crippen molar-refractivity contribution in [2.75, 3.05) is 11.9 Å². The molecule has 102 valence electrons. The van der Waals surface area contributed by atoms with E-state index in [0.717, 1.165) is 21.6 Å². The first kappa shape index (κ1) is 13.0. The Kier molecular flexibility index (Phi) is 3.38. The Hall–Kier alpha value is -1.98. The van der Waals surface area contributed by atoms with Crippen molar-refractivity contribution in [1.82, 2.24) is 9.97 Å². The molecule has 0 amide bonds. The van der Waals surface area contributed by atoms with Gasteiger partial charge in [-0.1, -0.05) is 30.3 Å². The highest BCUT2D eigenvalue weighted by atomic mass is 32.1. The fourth-order valence-corrected chi connectivity index (χ4v) is 2.89. The van der Waals surface area contributed by atoms with Gasteiger partial charge < -0.3 is 10.4 Å². The van der Waals surface area contributed by atoms with E-state index >= 15 is 0 Å². The number of rotatable bonds is 4. The molecule has 0 saturated carbocycles. The minimum absolute atomic E-state index is 0.0212. The predicted molar refractivity (Wildman–Crippen MR) is 81.9 cm³/mol. The molecule has 2 heterocycles. The molecule has 1 unspecified atom stereocenters. The highest BCUT2D eigenvalue weighted by Crippen LogP contribution is 2.30. The minimum Gasteiger partial charge on any atom is -0.394 e. The fraction of sp³-hybridized carbons (Fsp3) is 0.200. The lowest BCUT2D eigenvalue weighted by Crippen LogP contribution is -2.36. The number of aromatic nitrogens is 2. The number of hydrogen-bond donors (Lipinski definition) is 2. The first-order chi connectivity index (χ1) is 9.73. The van der Waals surface area contributed by atoms with Crippen molar-refractivity contribution in [3.63, 3.8) is 0 Å². The Balaban J connectivity index is 2.01. The number of nitrogens with zero attached hydrogens (tertiary/aromatic N) is 2. The van der Waals surface area contributed by atoms with E-state index in [4.69, 9.17) is 0 Å². The van der Waals surface area contributed by atoms with Crippen LogP contribution in [-0.4, -0.2) is 21.7 Å². The van der Waals surface area contributed by atoms with E-state index in [2.05, 4.69) is 15.3 Å². The zero-order valence-electron chi connectivity index (χ0n) is 11.1. The molecule has 4 nitrogen and oxygen atoms in total. The van der Waals surface area contributed by atoms with Gasteiger partial charge in [-0.15, -0.1) is 11.3 Å². The Morgan fingerprint density at radius 2 is 2.00 bits per heavy atom. The van der Waals surface area contributed by atoms with Gasteiger partial charge in [0.15, 0.2) is 0 Å². The molecule has 1 atom stereocenters. The summed E-state index contributed by atoms with van der Waals surface area (Å²) in [6, 6.07) is 11.9. The molecule has 3 aromatic rings. The number of hydrogen-bond acceptors (Lipinski definition) is 5. The van der Waals surface area contributed by atoms with Crippen LogP contribution in [0.2, 0.25) is 0 Å². The van der Waals surface area contributed by atoms with E-state index in [1.165, 1.54) is 0 Å². The van der Waals surface area contributed by atoms with Gasteiger partial charge in [0.25, 0.3) is 0 Å². The molecule has 0 aliphatic rings. The number of anilines is 1. The average Bonchev–Trinajstić information content (AvgIpc) is 2.98. The quantitative estimate of drug-likeness (QED) is 0.773. The van der Waals surface area contributed by atoms with Gasteiger partial charge in [-0.05, 0) is 23.9 Å². The zero-order chi connectivity index (χ0) is 14.0. The Bertz CT molecular complexity index is 713. The highest BCUT2D eigenvalue weighted by Gasteiger charge is 2.26. The van der Waals surface area contributed by atoms with Crippen molar-refractivity contribution in [2.45, 2.75) is 12.5 Å². The van der Waals surface area contributed by atoms with Crippen LogP contribution < -0.4 is 5.32 Å². The van der Waals surface area contributed by atoms with Crippen LogP contribution in [0.25, 0.3) is 10.2 Å². The summed E-state index contributed by atoms with van der Waals surface area (Å²) in [4.78, 5) is 9.49. The van der Waals surface area contributed by atoms with Gasteiger partial charge in [0.05, 0.1) is 17.5 Å². The number of aliphatic hydroxyl groups is 1. The second-order valence-electron chi connectivity index (χ2n) is 4.84. The van der Waals surface area contributed by atoms with E-state index in [1.54, 1.807) is 17.7 Å². The third-order valence-corrected chi connectivity index (χ3v) is 4.20. The Morgan fingerprint density at radius 1 is 1.20 bits per heavy atom. The van der Waals surface area contributed by atoms with E-state index in [0.29, 0.717) is 0 Å². The van der Waals surface area contributed by atoms with Crippen molar-refractivity contribution >= 4 is 27.4 Å². The molecule has 20 heavy (non-hydrogen) atoms. The Labute approximate surface area is 121 Å². The zero-order valence-corrected chi connectivity index (χ0v) is 11.9. The van der Waals surface area contributed by atoms with Gasteiger partial charge >= 0.3 is 0 Å². The summed E-state index contributed by atoms with van der Waals surface area (Å²) >= 11 is 1.58. The van der Waals surface area contributed by atoms with Gasteiger partial charge in [0.2, 0.25) is 0 Å².